The largest absolute Gasteiger partial charge is 0.393 e. The van der Waals surface area contributed by atoms with Crippen LogP contribution in [0.2, 0.25) is 0 Å². The quantitative estimate of drug-likeness (QED) is 0.568. The van der Waals surface area contributed by atoms with E-state index in [1.807, 2.05) is 6.92 Å². The lowest BCUT2D eigenvalue weighted by Gasteiger charge is -2.27. The Kier molecular flexibility index (Phi) is 2.96. The van der Waals surface area contributed by atoms with Crippen molar-refractivity contribution in [2.45, 2.75) is 38.7 Å². The van der Waals surface area contributed by atoms with Crippen LogP contribution in [0.4, 0.5) is 0 Å². The lowest BCUT2D eigenvalue weighted by Crippen LogP contribution is -2.22. The van der Waals surface area contributed by atoms with E-state index in [1.165, 1.54) is 0 Å². The van der Waals surface area contributed by atoms with Gasteiger partial charge in [-0.25, -0.2) is 0 Å². The molecule has 0 amide bonds. The summed E-state index contributed by atoms with van der Waals surface area (Å²) in [6, 6.07) is 0. The highest BCUT2D eigenvalue weighted by atomic mass is 16.3. The summed E-state index contributed by atoms with van der Waals surface area (Å²) in [5.74, 6) is 3.76. The number of aliphatic hydroxyl groups excluding tert-OH is 1. The van der Waals surface area contributed by atoms with E-state index in [2.05, 4.69) is 5.92 Å². The Morgan fingerprint density at radius 2 is 1.91 bits per heavy atom. The molecule has 1 aliphatic rings. The van der Waals surface area contributed by atoms with Gasteiger partial charge >= 0.3 is 0 Å². The molecular weight excluding hydrogens is 136 g/mol. The van der Waals surface area contributed by atoms with Gasteiger partial charge in [0, 0.05) is 5.92 Å². The number of terminal acetylenes is 1. The first-order valence-corrected chi connectivity index (χ1v) is 4.38. The van der Waals surface area contributed by atoms with E-state index in [0.717, 1.165) is 25.7 Å². The Balaban J connectivity index is 2.31. The second kappa shape index (κ2) is 3.78. The van der Waals surface area contributed by atoms with Gasteiger partial charge < -0.3 is 5.11 Å². The van der Waals surface area contributed by atoms with Crippen molar-refractivity contribution >= 4 is 0 Å². The monoisotopic (exact) mass is 152 g/mol. The average molecular weight is 152 g/mol. The van der Waals surface area contributed by atoms with Gasteiger partial charge in [-0.05, 0) is 38.5 Å². The van der Waals surface area contributed by atoms with E-state index in [-0.39, 0.29) is 6.10 Å². The summed E-state index contributed by atoms with van der Waals surface area (Å²) in [5, 5.41) is 9.28. The topological polar surface area (TPSA) is 20.2 Å². The Labute approximate surface area is 68.8 Å². The van der Waals surface area contributed by atoms with Crippen molar-refractivity contribution in [3.8, 4) is 12.3 Å². The number of hydrogen-bond acceptors (Lipinski definition) is 1. The lowest BCUT2D eigenvalue weighted by atomic mass is 9.80. The summed E-state index contributed by atoms with van der Waals surface area (Å²) < 4.78 is 0. The predicted molar refractivity (Wildman–Crippen MR) is 46.0 cm³/mol. The highest BCUT2D eigenvalue weighted by molar-refractivity contribution is 4.95. The highest BCUT2D eigenvalue weighted by Crippen LogP contribution is 2.30. The third-order valence-corrected chi connectivity index (χ3v) is 2.69. The summed E-state index contributed by atoms with van der Waals surface area (Å²) in [7, 11) is 0. The molecule has 1 N–H and O–H groups in total. The van der Waals surface area contributed by atoms with E-state index >= 15 is 0 Å². The normalized spacial score (nSPS) is 34.3. The minimum Gasteiger partial charge on any atom is -0.393 e. The first kappa shape index (κ1) is 8.62. The summed E-state index contributed by atoms with van der Waals surface area (Å²) in [6.07, 6.45) is 9.58. The zero-order chi connectivity index (χ0) is 8.27. The molecule has 1 aliphatic carbocycles. The molecule has 1 rings (SSSR count). The molecule has 0 radical (unpaired) electrons. The van der Waals surface area contributed by atoms with Crippen LogP contribution in [0.25, 0.3) is 0 Å². The SMILES string of the molecule is C#CC1CCC(C(C)O)CC1. The molecule has 1 heteroatoms. The molecule has 1 unspecified atom stereocenters. The fraction of sp³-hybridized carbons (Fsp3) is 0.800. The van der Waals surface area contributed by atoms with Crippen molar-refractivity contribution < 1.29 is 5.11 Å². The van der Waals surface area contributed by atoms with Crippen LogP contribution in [0, 0.1) is 24.2 Å². The number of rotatable bonds is 1. The molecule has 1 atom stereocenters. The van der Waals surface area contributed by atoms with E-state index in [0.29, 0.717) is 11.8 Å². The van der Waals surface area contributed by atoms with Crippen LogP contribution < -0.4 is 0 Å². The van der Waals surface area contributed by atoms with Gasteiger partial charge in [0.15, 0.2) is 0 Å². The van der Waals surface area contributed by atoms with Gasteiger partial charge in [0.2, 0.25) is 0 Å². The van der Waals surface area contributed by atoms with Gasteiger partial charge in [0.25, 0.3) is 0 Å². The van der Waals surface area contributed by atoms with Gasteiger partial charge in [0.05, 0.1) is 6.10 Å². The molecule has 11 heavy (non-hydrogen) atoms. The Bertz CT molecular complexity index is 147. The molecule has 1 nitrogen and oxygen atoms in total. The van der Waals surface area contributed by atoms with Gasteiger partial charge in [-0.1, -0.05) is 0 Å². The van der Waals surface area contributed by atoms with E-state index in [9.17, 15) is 5.11 Å². The van der Waals surface area contributed by atoms with Gasteiger partial charge in [-0.2, -0.15) is 0 Å². The minimum atomic E-state index is -0.145. The molecule has 1 saturated carbocycles. The van der Waals surface area contributed by atoms with Crippen LogP contribution in [-0.4, -0.2) is 11.2 Å². The van der Waals surface area contributed by atoms with Gasteiger partial charge in [-0.3, -0.25) is 0 Å². The van der Waals surface area contributed by atoms with Crippen LogP contribution in [0.3, 0.4) is 0 Å². The summed E-state index contributed by atoms with van der Waals surface area (Å²) in [4.78, 5) is 0. The molecule has 0 aromatic heterocycles. The minimum absolute atomic E-state index is 0.145. The Hall–Kier alpha value is -0.480. The Morgan fingerprint density at radius 3 is 2.27 bits per heavy atom. The van der Waals surface area contributed by atoms with Crippen molar-refractivity contribution in [1.29, 1.82) is 0 Å². The second-order valence-corrected chi connectivity index (χ2v) is 3.52. The van der Waals surface area contributed by atoms with E-state index < -0.39 is 0 Å². The molecule has 0 heterocycles. The molecule has 0 saturated heterocycles. The molecule has 1 fully saturated rings. The molecule has 0 aromatic carbocycles. The van der Waals surface area contributed by atoms with Crippen LogP contribution in [0.15, 0.2) is 0 Å². The van der Waals surface area contributed by atoms with Crippen molar-refractivity contribution in [1.82, 2.24) is 0 Å². The number of hydrogen-bond donors (Lipinski definition) is 1. The van der Waals surface area contributed by atoms with Crippen molar-refractivity contribution in [3.05, 3.63) is 0 Å². The standard InChI is InChI=1S/C10H16O/c1-3-9-4-6-10(7-5-9)8(2)11/h1,8-11H,4-7H2,2H3. The maximum Gasteiger partial charge on any atom is 0.0540 e. The van der Waals surface area contributed by atoms with Gasteiger partial charge in [0.1, 0.15) is 0 Å². The smallest absolute Gasteiger partial charge is 0.0540 e. The zero-order valence-corrected chi connectivity index (χ0v) is 7.09. The average Bonchev–Trinajstić information content (AvgIpc) is 2.05. The summed E-state index contributed by atoms with van der Waals surface area (Å²) in [6.45, 7) is 1.88. The first-order valence-electron chi connectivity index (χ1n) is 4.38. The van der Waals surface area contributed by atoms with Crippen LogP contribution >= 0.6 is 0 Å². The summed E-state index contributed by atoms with van der Waals surface area (Å²) >= 11 is 0. The first-order chi connectivity index (χ1) is 5.24. The maximum atomic E-state index is 9.28. The predicted octanol–water partition coefficient (Wildman–Crippen LogP) is 1.81. The maximum absolute atomic E-state index is 9.28. The van der Waals surface area contributed by atoms with Gasteiger partial charge in [-0.15, -0.1) is 12.3 Å². The van der Waals surface area contributed by atoms with E-state index in [4.69, 9.17) is 6.42 Å². The second-order valence-electron chi connectivity index (χ2n) is 3.52. The van der Waals surface area contributed by atoms with Crippen LogP contribution in [-0.2, 0) is 0 Å². The summed E-state index contributed by atoms with van der Waals surface area (Å²) in [5.41, 5.74) is 0. The molecule has 0 bridgehead atoms. The molecule has 62 valence electrons. The fourth-order valence-electron chi connectivity index (χ4n) is 1.77. The zero-order valence-electron chi connectivity index (χ0n) is 7.09. The van der Waals surface area contributed by atoms with Crippen molar-refractivity contribution in [2.75, 3.05) is 0 Å². The molecule has 0 aromatic rings. The van der Waals surface area contributed by atoms with Crippen molar-refractivity contribution in [3.63, 3.8) is 0 Å². The van der Waals surface area contributed by atoms with Crippen molar-refractivity contribution in [2.24, 2.45) is 11.8 Å². The Morgan fingerprint density at radius 1 is 1.36 bits per heavy atom. The molecule has 0 aliphatic heterocycles. The molecule has 0 spiro atoms. The van der Waals surface area contributed by atoms with Crippen LogP contribution in [0.5, 0.6) is 0 Å². The van der Waals surface area contributed by atoms with E-state index in [1.54, 1.807) is 0 Å². The third-order valence-electron chi connectivity index (χ3n) is 2.69. The number of aliphatic hydroxyl groups is 1. The molecular formula is C10H16O. The lowest BCUT2D eigenvalue weighted by molar-refractivity contribution is 0.0949. The van der Waals surface area contributed by atoms with Crippen LogP contribution in [0.1, 0.15) is 32.6 Å². The third kappa shape index (κ3) is 2.24. The highest BCUT2D eigenvalue weighted by Gasteiger charge is 2.22. The fourth-order valence-corrected chi connectivity index (χ4v) is 1.77.